The smallest absolute Gasteiger partial charge is 0.408 e. The van der Waals surface area contributed by atoms with Gasteiger partial charge in [0, 0.05) is 4.47 Å². The van der Waals surface area contributed by atoms with Gasteiger partial charge in [-0.1, -0.05) is 58.4 Å². The summed E-state index contributed by atoms with van der Waals surface area (Å²) in [6.07, 6.45) is -0.781. The third-order valence-corrected chi connectivity index (χ3v) is 3.40. The van der Waals surface area contributed by atoms with E-state index in [4.69, 9.17) is 4.74 Å². The Balaban J connectivity index is 1.99. The Morgan fingerprint density at radius 1 is 1.14 bits per heavy atom. The minimum atomic E-state index is -1.17. The van der Waals surface area contributed by atoms with Gasteiger partial charge >= 0.3 is 12.1 Å². The van der Waals surface area contributed by atoms with Crippen molar-refractivity contribution in [3.05, 3.63) is 70.2 Å². The second kappa shape index (κ2) is 7.61. The van der Waals surface area contributed by atoms with Crippen LogP contribution in [0.4, 0.5) is 4.79 Å². The number of halogens is 1. The molecular formula is C16H14BrNO4. The zero-order valence-corrected chi connectivity index (χ0v) is 13.1. The number of amides is 1. The van der Waals surface area contributed by atoms with Crippen LogP contribution < -0.4 is 5.32 Å². The molecule has 2 N–H and O–H groups in total. The predicted molar refractivity (Wildman–Crippen MR) is 84.3 cm³/mol. The maximum Gasteiger partial charge on any atom is 0.408 e. The van der Waals surface area contributed by atoms with Crippen LogP contribution in [0.15, 0.2) is 59.1 Å². The van der Waals surface area contributed by atoms with Gasteiger partial charge in [-0.15, -0.1) is 0 Å². The van der Waals surface area contributed by atoms with Crippen LogP contribution in [0.25, 0.3) is 0 Å². The summed E-state index contributed by atoms with van der Waals surface area (Å²) < 4.78 is 5.77. The highest BCUT2D eigenvalue weighted by molar-refractivity contribution is 9.10. The van der Waals surface area contributed by atoms with E-state index in [2.05, 4.69) is 21.2 Å². The second-order valence-electron chi connectivity index (χ2n) is 4.53. The molecule has 2 rings (SSSR count). The van der Waals surface area contributed by atoms with Crippen LogP contribution in [0.3, 0.4) is 0 Å². The van der Waals surface area contributed by atoms with Crippen molar-refractivity contribution >= 4 is 28.0 Å². The van der Waals surface area contributed by atoms with Crippen LogP contribution in [-0.4, -0.2) is 17.2 Å². The highest BCUT2D eigenvalue weighted by atomic mass is 79.9. The third kappa shape index (κ3) is 4.60. The molecule has 0 saturated carbocycles. The second-order valence-corrected chi connectivity index (χ2v) is 5.45. The first-order chi connectivity index (χ1) is 10.6. The van der Waals surface area contributed by atoms with Crippen molar-refractivity contribution in [2.24, 2.45) is 0 Å². The highest BCUT2D eigenvalue weighted by Crippen LogP contribution is 2.18. The van der Waals surface area contributed by atoms with E-state index in [9.17, 15) is 14.7 Å². The number of carboxylic acids is 1. The lowest BCUT2D eigenvalue weighted by Gasteiger charge is -2.15. The number of carbonyl (C=O) groups excluding carboxylic acids is 1. The monoisotopic (exact) mass is 363 g/mol. The summed E-state index contributed by atoms with van der Waals surface area (Å²) in [6.45, 7) is 0.0808. The summed E-state index contributed by atoms with van der Waals surface area (Å²) in [6, 6.07) is 14.7. The van der Waals surface area contributed by atoms with Crippen molar-refractivity contribution in [3.63, 3.8) is 0 Å². The number of alkyl carbamates (subject to hydrolysis) is 1. The zero-order chi connectivity index (χ0) is 15.9. The van der Waals surface area contributed by atoms with E-state index in [0.29, 0.717) is 5.56 Å². The Labute approximate surface area is 136 Å². The van der Waals surface area contributed by atoms with Crippen LogP contribution in [-0.2, 0) is 16.1 Å². The van der Waals surface area contributed by atoms with Crippen LogP contribution in [0.2, 0.25) is 0 Å². The number of hydrogen-bond acceptors (Lipinski definition) is 3. The van der Waals surface area contributed by atoms with Gasteiger partial charge in [0.05, 0.1) is 0 Å². The molecule has 0 bridgehead atoms. The Morgan fingerprint density at radius 2 is 1.86 bits per heavy atom. The maximum absolute atomic E-state index is 11.8. The number of benzene rings is 2. The average Bonchev–Trinajstić information content (AvgIpc) is 2.51. The van der Waals surface area contributed by atoms with E-state index in [1.54, 1.807) is 24.3 Å². The number of rotatable bonds is 5. The molecule has 0 aliphatic heterocycles. The number of aliphatic carboxylic acids is 1. The summed E-state index contributed by atoms with van der Waals surface area (Å²) in [4.78, 5) is 23.1. The highest BCUT2D eigenvalue weighted by Gasteiger charge is 2.22. The molecule has 0 spiro atoms. The number of carbonyl (C=O) groups is 2. The Kier molecular flexibility index (Phi) is 5.55. The van der Waals surface area contributed by atoms with E-state index in [-0.39, 0.29) is 6.61 Å². The molecule has 2 aromatic rings. The quantitative estimate of drug-likeness (QED) is 0.852. The van der Waals surface area contributed by atoms with Crippen LogP contribution in [0.5, 0.6) is 0 Å². The number of hydrogen-bond donors (Lipinski definition) is 2. The molecular weight excluding hydrogens is 350 g/mol. The van der Waals surface area contributed by atoms with Gasteiger partial charge in [-0.25, -0.2) is 9.59 Å². The fourth-order valence-electron chi connectivity index (χ4n) is 1.86. The first-order valence-corrected chi connectivity index (χ1v) is 7.31. The van der Waals surface area contributed by atoms with Crippen LogP contribution in [0.1, 0.15) is 17.2 Å². The van der Waals surface area contributed by atoms with Gasteiger partial charge in [-0.3, -0.25) is 0 Å². The fourth-order valence-corrected chi connectivity index (χ4v) is 2.27. The van der Waals surface area contributed by atoms with Gasteiger partial charge in [0.1, 0.15) is 6.61 Å². The van der Waals surface area contributed by atoms with Crippen LogP contribution in [0, 0.1) is 0 Å². The molecule has 0 aliphatic rings. The van der Waals surface area contributed by atoms with Crippen LogP contribution >= 0.6 is 15.9 Å². The summed E-state index contributed by atoms with van der Waals surface area (Å²) in [5, 5.41) is 11.6. The van der Waals surface area contributed by atoms with E-state index in [1.807, 2.05) is 30.3 Å². The molecule has 0 saturated heterocycles. The minimum Gasteiger partial charge on any atom is -0.479 e. The van der Waals surface area contributed by atoms with E-state index < -0.39 is 18.1 Å². The molecule has 0 fully saturated rings. The molecule has 0 heterocycles. The van der Waals surface area contributed by atoms with Gasteiger partial charge in [0.15, 0.2) is 6.04 Å². The number of nitrogens with one attached hydrogen (secondary N) is 1. The van der Waals surface area contributed by atoms with Gasteiger partial charge in [-0.05, 0) is 23.3 Å². The van der Waals surface area contributed by atoms with Gasteiger partial charge < -0.3 is 15.2 Å². The normalized spacial score (nSPS) is 11.5. The Bertz CT molecular complexity index is 660. The van der Waals surface area contributed by atoms with Gasteiger partial charge in [0.2, 0.25) is 0 Å². The molecule has 0 aliphatic carbocycles. The lowest BCUT2D eigenvalue weighted by Crippen LogP contribution is -2.34. The molecule has 1 atom stereocenters. The lowest BCUT2D eigenvalue weighted by molar-refractivity contribution is -0.139. The zero-order valence-electron chi connectivity index (χ0n) is 11.5. The standard InChI is InChI=1S/C16H14BrNO4/c17-13-8-4-7-12(9-13)14(15(19)20)18-16(21)22-10-11-5-2-1-3-6-11/h1-9,14H,10H2,(H,18,21)(H,19,20)/t14-/m1/s1. The fraction of sp³-hybridized carbons (Fsp3) is 0.125. The van der Waals surface area contributed by atoms with E-state index >= 15 is 0 Å². The van der Waals surface area contributed by atoms with Crippen molar-refractivity contribution in [2.45, 2.75) is 12.6 Å². The third-order valence-electron chi connectivity index (χ3n) is 2.90. The first-order valence-electron chi connectivity index (χ1n) is 6.52. The molecule has 6 heteroatoms. The largest absolute Gasteiger partial charge is 0.479 e. The maximum atomic E-state index is 11.8. The molecule has 5 nitrogen and oxygen atoms in total. The molecule has 2 aromatic carbocycles. The molecule has 0 unspecified atom stereocenters. The summed E-state index contributed by atoms with van der Waals surface area (Å²) in [5.74, 6) is -1.16. The molecule has 0 aromatic heterocycles. The number of carboxylic acid groups (broad SMARTS) is 1. The Morgan fingerprint density at radius 3 is 2.50 bits per heavy atom. The van der Waals surface area contributed by atoms with E-state index in [0.717, 1.165) is 10.0 Å². The van der Waals surface area contributed by atoms with Crippen molar-refractivity contribution in [2.75, 3.05) is 0 Å². The molecule has 22 heavy (non-hydrogen) atoms. The summed E-state index contributed by atoms with van der Waals surface area (Å²) in [7, 11) is 0. The van der Waals surface area contributed by atoms with Gasteiger partial charge in [-0.2, -0.15) is 0 Å². The molecule has 0 radical (unpaired) electrons. The van der Waals surface area contributed by atoms with Crippen molar-refractivity contribution in [1.29, 1.82) is 0 Å². The topological polar surface area (TPSA) is 75.6 Å². The lowest BCUT2D eigenvalue weighted by atomic mass is 10.1. The van der Waals surface area contributed by atoms with Crippen molar-refractivity contribution in [1.82, 2.24) is 5.32 Å². The van der Waals surface area contributed by atoms with E-state index in [1.165, 1.54) is 0 Å². The SMILES string of the molecule is O=C(N[C@@H](C(=O)O)c1cccc(Br)c1)OCc1ccccc1. The van der Waals surface area contributed by atoms with Gasteiger partial charge in [0.25, 0.3) is 0 Å². The van der Waals surface area contributed by atoms with Crippen molar-refractivity contribution < 1.29 is 19.4 Å². The molecule has 114 valence electrons. The predicted octanol–water partition coefficient (Wildman–Crippen LogP) is 3.50. The first kappa shape index (κ1) is 16.0. The summed E-state index contributed by atoms with van der Waals surface area (Å²) in [5.41, 5.74) is 1.28. The molecule has 1 amide bonds. The minimum absolute atomic E-state index is 0.0808. The van der Waals surface area contributed by atoms with Crippen molar-refractivity contribution in [3.8, 4) is 0 Å². The number of ether oxygens (including phenoxy) is 1. The Hall–Kier alpha value is -2.34. The summed E-state index contributed by atoms with van der Waals surface area (Å²) >= 11 is 3.27. The average molecular weight is 364 g/mol.